The van der Waals surface area contributed by atoms with Crippen molar-refractivity contribution in [3.8, 4) is 62.3 Å². The molecular formula is C52H31N3. The first-order valence-corrected chi connectivity index (χ1v) is 18.4. The lowest BCUT2D eigenvalue weighted by Crippen LogP contribution is -1.98. The number of hydrogen-bond donors (Lipinski definition) is 0. The third kappa shape index (κ3) is 5.27. The molecule has 0 saturated heterocycles. The number of nitrogens with zero attached hydrogens (tertiary/aromatic N) is 3. The maximum Gasteiger partial charge on any atom is 0.101 e. The van der Waals surface area contributed by atoms with Gasteiger partial charge >= 0.3 is 0 Å². The molecule has 10 aromatic rings. The van der Waals surface area contributed by atoms with Crippen molar-refractivity contribution in [3.05, 3.63) is 199 Å². The summed E-state index contributed by atoms with van der Waals surface area (Å²) in [4.78, 5) is 0. The van der Waals surface area contributed by atoms with Crippen LogP contribution in [0.1, 0.15) is 11.1 Å². The van der Waals surface area contributed by atoms with Gasteiger partial charge in [0, 0.05) is 10.8 Å². The summed E-state index contributed by atoms with van der Waals surface area (Å²) in [6.45, 7) is 0. The van der Waals surface area contributed by atoms with Gasteiger partial charge in [-0.2, -0.15) is 10.5 Å². The third-order valence-electron chi connectivity index (χ3n) is 10.9. The first-order chi connectivity index (χ1) is 27.2. The molecule has 0 fully saturated rings. The smallest absolute Gasteiger partial charge is 0.101 e. The van der Waals surface area contributed by atoms with Gasteiger partial charge in [-0.25, -0.2) is 0 Å². The fourth-order valence-corrected chi connectivity index (χ4v) is 8.37. The first kappa shape index (κ1) is 32.0. The summed E-state index contributed by atoms with van der Waals surface area (Å²) in [7, 11) is 0. The van der Waals surface area contributed by atoms with E-state index in [-0.39, 0.29) is 0 Å². The molecule has 0 amide bonds. The summed E-state index contributed by atoms with van der Waals surface area (Å²) in [5.41, 5.74) is 13.1. The maximum atomic E-state index is 10.5. The van der Waals surface area contributed by atoms with Crippen molar-refractivity contribution < 1.29 is 0 Å². The van der Waals surface area contributed by atoms with E-state index in [0.29, 0.717) is 11.1 Å². The third-order valence-corrected chi connectivity index (χ3v) is 10.9. The minimum absolute atomic E-state index is 0.581. The minimum atomic E-state index is 0.581. The zero-order valence-corrected chi connectivity index (χ0v) is 29.7. The van der Waals surface area contributed by atoms with E-state index in [0.717, 1.165) is 49.7 Å². The highest BCUT2D eigenvalue weighted by molar-refractivity contribution is 6.21. The fourth-order valence-electron chi connectivity index (χ4n) is 8.37. The average Bonchev–Trinajstić information content (AvgIpc) is 3.59. The predicted octanol–water partition coefficient (Wildman–Crippen LogP) is 13.5. The van der Waals surface area contributed by atoms with Crippen molar-refractivity contribution in [2.45, 2.75) is 0 Å². The Morgan fingerprint density at radius 3 is 1.45 bits per heavy atom. The lowest BCUT2D eigenvalue weighted by molar-refractivity contribution is 1.17. The zero-order valence-electron chi connectivity index (χ0n) is 29.7. The van der Waals surface area contributed by atoms with Crippen LogP contribution in [0, 0.1) is 22.7 Å². The Morgan fingerprint density at radius 1 is 0.327 bits per heavy atom. The van der Waals surface area contributed by atoms with Crippen LogP contribution in [0.25, 0.3) is 93.5 Å². The van der Waals surface area contributed by atoms with Crippen LogP contribution in [0.2, 0.25) is 0 Å². The van der Waals surface area contributed by atoms with Crippen molar-refractivity contribution >= 4 is 43.4 Å². The van der Waals surface area contributed by atoms with E-state index in [2.05, 4.69) is 162 Å². The van der Waals surface area contributed by atoms with Gasteiger partial charge in [-0.15, -0.1) is 0 Å². The first-order valence-electron chi connectivity index (χ1n) is 18.4. The van der Waals surface area contributed by atoms with Gasteiger partial charge in [-0.3, -0.25) is 0 Å². The quantitative estimate of drug-likeness (QED) is 0.168. The lowest BCUT2D eigenvalue weighted by Gasteiger charge is -2.18. The molecule has 3 heteroatoms. The summed E-state index contributed by atoms with van der Waals surface area (Å²) in [5.74, 6) is 0. The van der Waals surface area contributed by atoms with Crippen LogP contribution in [-0.4, -0.2) is 4.57 Å². The molecule has 0 atom stereocenters. The van der Waals surface area contributed by atoms with Crippen molar-refractivity contribution in [1.82, 2.24) is 4.57 Å². The molecular weight excluding hydrogens is 667 g/mol. The highest BCUT2D eigenvalue weighted by atomic mass is 15.0. The number of benzene rings is 9. The van der Waals surface area contributed by atoms with E-state index in [4.69, 9.17) is 0 Å². The Bertz CT molecular complexity index is 3150. The maximum absolute atomic E-state index is 10.5. The van der Waals surface area contributed by atoms with Crippen LogP contribution in [0.3, 0.4) is 0 Å². The molecule has 0 radical (unpaired) electrons. The van der Waals surface area contributed by atoms with Crippen molar-refractivity contribution in [2.75, 3.05) is 0 Å². The number of rotatable bonds is 5. The molecule has 0 bridgehead atoms. The van der Waals surface area contributed by atoms with E-state index in [1.54, 1.807) is 0 Å². The summed E-state index contributed by atoms with van der Waals surface area (Å²) in [5, 5.41) is 27.0. The second-order valence-electron chi connectivity index (χ2n) is 13.9. The molecule has 1 heterocycles. The Balaban J connectivity index is 1.04. The standard InChI is InChI=1S/C52H31N3/c53-32-34-21-27-50-47(29-34)42-15-8-9-20-49(42)55(50)48-28-26-40(31-41(48)33-54)39-14-10-13-38(30-39)35-22-24-37(25-23-35)52-45-18-6-4-16-43(45)51(36-11-2-1-3-12-36)44-17-5-7-19-46(44)52/h1-31H. The van der Waals surface area contributed by atoms with Gasteiger partial charge < -0.3 is 4.57 Å². The Kier molecular flexibility index (Phi) is 7.58. The topological polar surface area (TPSA) is 52.5 Å². The van der Waals surface area contributed by atoms with Gasteiger partial charge in [0.25, 0.3) is 0 Å². The van der Waals surface area contributed by atoms with Crippen LogP contribution in [-0.2, 0) is 0 Å². The molecule has 0 unspecified atom stereocenters. The van der Waals surface area contributed by atoms with Crippen LogP contribution in [0.15, 0.2) is 188 Å². The molecule has 0 aliphatic heterocycles. The van der Waals surface area contributed by atoms with Crippen molar-refractivity contribution in [2.24, 2.45) is 0 Å². The zero-order chi connectivity index (χ0) is 36.9. The van der Waals surface area contributed by atoms with E-state index in [9.17, 15) is 10.5 Å². The molecule has 3 nitrogen and oxygen atoms in total. The number of para-hydroxylation sites is 1. The lowest BCUT2D eigenvalue weighted by atomic mass is 9.85. The van der Waals surface area contributed by atoms with Crippen LogP contribution in [0.5, 0.6) is 0 Å². The number of hydrogen-bond acceptors (Lipinski definition) is 2. The molecule has 9 aromatic carbocycles. The van der Waals surface area contributed by atoms with Gasteiger partial charge in [-0.05, 0) is 109 Å². The molecule has 0 aliphatic rings. The molecule has 0 saturated carbocycles. The Hall–Kier alpha value is -7.72. The molecule has 1 aromatic heterocycles. The number of aromatic nitrogens is 1. The predicted molar refractivity (Wildman–Crippen MR) is 227 cm³/mol. The van der Waals surface area contributed by atoms with Gasteiger partial charge in [0.2, 0.25) is 0 Å². The number of nitriles is 2. The van der Waals surface area contributed by atoms with Crippen LogP contribution in [0.4, 0.5) is 0 Å². The molecule has 55 heavy (non-hydrogen) atoms. The molecule has 0 spiro atoms. The van der Waals surface area contributed by atoms with Crippen molar-refractivity contribution in [3.63, 3.8) is 0 Å². The van der Waals surface area contributed by atoms with E-state index >= 15 is 0 Å². The largest absolute Gasteiger partial charge is 0.308 e. The van der Waals surface area contributed by atoms with Gasteiger partial charge in [0.05, 0.1) is 33.9 Å². The monoisotopic (exact) mass is 697 g/mol. The van der Waals surface area contributed by atoms with Crippen molar-refractivity contribution in [1.29, 1.82) is 10.5 Å². The SMILES string of the molecule is N#Cc1ccc2c(c1)c1ccccc1n2-c1ccc(-c2cccc(-c3ccc(-c4c5ccccc5c(-c5ccccc5)c5ccccc45)cc3)c2)cc1C#N. The minimum Gasteiger partial charge on any atom is -0.308 e. The van der Waals surface area contributed by atoms with Gasteiger partial charge in [-0.1, -0.05) is 146 Å². The van der Waals surface area contributed by atoms with E-state index in [1.807, 2.05) is 42.5 Å². The van der Waals surface area contributed by atoms with Crippen LogP contribution < -0.4 is 0 Å². The summed E-state index contributed by atoms with van der Waals surface area (Å²) in [6.07, 6.45) is 0. The van der Waals surface area contributed by atoms with Gasteiger partial charge in [0.1, 0.15) is 6.07 Å². The summed E-state index contributed by atoms with van der Waals surface area (Å²) in [6, 6.07) is 70.4. The van der Waals surface area contributed by atoms with Gasteiger partial charge in [0.15, 0.2) is 0 Å². The highest BCUT2D eigenvalue weighted by Crippen LogP contribution is 2.44. The molecule has 254 valence electrons. The second-order valence-corrected chi connectivity index (χ2v) is 13.9. The molecule has 0 N–H and O–H groups in total. The Labute approximate surface area is 318 Å². The number of fused-ring (bicyclic) bond motifs is 5. The van der Waals surface area contributed by atoms with E-state index < -0.39 is 0 Å². The molecule has 0 aliphatic carbocycles. The molecule has 10 rings (SSSR count). The van der Waals surface area contributed by atoms with Crippen LogP contribution >= 0.6 is 0 Å². The Morgan fingerprint density at radius 2 is 0.818 bits per heavy atom. The normalized spacial score (nSPS) is 11.2. The second kappa shape index (κ2) is 13.0. The summed E-state index contributed by atoms with van der Waals surface area (Å²) >= 11 is 0. The summed E-state index contributed by atoms with van der Waals surface area (Å²) < 4.78 is 2.13. The highest BCUT2D eigenvalue weighted by Gasteiger charge is 2.18. The van der Waals surface area contributed by atoms with E-state index in [1.165, 1.54) is 43.8 Å². The average molecular weight is 698 g/mol. The fraction of sp³-hybridized carbons (Fsp3) is 0.